The minimum atomic E-state index is -0.896. The molecule has 124 valence electrons. The average molecular weight is 310 g/mol. The molecule has 1 saturated carbocycles. The number of carbonyl (C=O) groups excluding carboxylic acids is 1. The fourth-order valence-electron chi connectivity index (χ4n) is 4.58. The van der Waals surface area contributed by atoms with Crippen molar-refractivity contribution in [2.24, 2.45) is 23.2 Å². The summed E-state index contributed by atoms with van der Waals surface area (Å²) in [6.45, 7) is 10.6. The van der Waals surface area contributed by atoms with Gasteiger partial charge in [0.2, 0.25) is 0 Å². The van der Waals surface area contributed by atoms with E-state index >= 15 is 0 Å². The summed E-state index contributed by atoms with van der Waals surface area (Å²) < 4.78 is 16.8. The van der Waals surface area contributed by atoms with Gasteiger partial charge in [0.1, 0.15) is 6.10 Å². The molecule has 3 rings (SSSR count). The predicted molar refractivity (Wildman–Crippen MR) is 79.6 cm³/mol. The fourth-order valence-corrected chi connectivity index (χ4v) is 4.58. The van der Waals surface area contributed by atoms with Crippen LogP contribution in [0.5, 0.6) is 0 Å². The predicted octanol–water partition coefficient (Wildman–Crippen LogP) is 2.24. The number of aliphatic hydroxyl groups excluding tert-OH is 1. The van der Waals surface area contributed by atoms with Crippen LogP contribution in [0, 0.1) is 23.2 Å². The van der Waals surface area contributed by atoms with Crippen LogP contribution in [0.15, 0.2) is 12.2 Å². The van der Waals surface area contributed by atoms with Crippen LogP contribution in [0.3, 0.4) is 0 Å². The van der Waals surface area contributed by atoms with E-state index in [2.05, 4.69) is 20.4 Å². The molecule has 0 aromatic rings. The molecule has 22 heavy (non-hydrogen) atoms. The first kappa shape index (κ1) is 16.0. The molecular weight excluding hydrogens is 284 g/mol. The molecule has 2 aliphatic heterocycles. The summed E-state index contributed by atoms with van der Waals surface area (Å²) in [5.41, 5.74) is 0.127. The Morgan fingerprint density at radius 1 is 1.45 bits per heavy atom. The van der Waals surface area contributed by atoms with Gasteiger partial charge in [-0.2, -0.15) is 0 Å². The van der Waals surface area contributed by atoms with E-state index in [1.807, 2.05) is 6.92 Å². The lowest BCUT2D eigenvalue weighted by Gasteiger charge is -2.49. The van der Waals surface area contributed by atoms with E-state index in [0.717, 1.165) is 12.8 Å². The molecule has 0 aromatic carbocycles. The van der Waals surface area contributed by atoms with Gasteiger partial charge in [-0.25, -0.2) is 4.79 Å². The summed E-state index contributed by atoms with van der Waals surface area (Å²) in [5.74, 6) is 0.277. The monoisotopic (exact) mass is 310 g/mol. The Hall–Kier alpha value is -0.910. The second-order valence-electron chi connectivity index (χ2n) is 7.21. The molecule has 1 N–H and O–H groups in total. The van der Waals surface area contributed by atoms with Gasteiger partial charge in [-0.15, -0.1) is 0 Å². The van der Waals surface area contributed by atoms with Crippen LogP contribution in [-0.2, 0) is 19.0 Å². The zero-order chi connectivity index (χ0) is 16.1. The van der Waals surface area contributed by atoms with Crippen LogP contribution >= 0.6 is 0 Å². The Morgan fingerprint density at radius 2 is 2.18 bits per heavy atom. The smallest absolute Gasteiger partial charge is 0.334 e. The first-order valence-electron chi connectivity index (χ1n) is 8.21. The van der Waals surface area contributed by atoms with E-state index in [9.17, 15) is 9.90 Å². The lowest BCUT2D eigenvalue weighted by molar-refractivity contribution is -0.315. The molecule has 3 fully saturated rings. The van der Waals surface area contributed by atoms with E-state index in [1.54, 1.807) is 0 Å². The Kier molecular flexibility index (Phi) is 4.08. The first-order chi connectivity index (χ1) is 10.4. The number of aliphatic hydroxyl groups is 1. The van der Waals surface area contributed by atoms with Crippen molar-refractivity contribution in [2.45, 2.75) is 58.7 Å². The maximum atomic E-state index is 11.8. The van der Waals surface area contributed by atoms with Gasteiger partial charge in [-0.1, -0.05) is 20.4 Å². The molecule has 7 atom stereocenters. The van der Waals surface area contributed by atoms with E-state index in [1.165, 1.54) is 0 Å². The SMILES string of the molecule is C=C1C(=O)O[C@@H]2C[C@@H](C)[C@@H]3C[C@@H](OCC)O[C@H](O)[C@@]3(C)C[C@H]12. The lowest BCUT2D eigenvalue weighted by atomic mass is 9.65. The maximum absolute atomic E-state index is 11.8. The molecule has 0 bridgehead atoms. The van der Waals surface area contributed by atoms with E-state index < -0.39 is 11.7 Å². The minimum Gasteiger partial charge on any atom is -0.458 e. The van der Waals surface area contributed by atoms with Crippen molar-refractivity contribution in [3.8, 4) is 0 Å². The molecule has 5 nitrogen and oxygen atoms in total. The molecule has 2 saturated heterocycles. The molecule has 0 amide bonds. The molecule has 0 aromatic heterocycles. The summed E-state index contributed by atoms with van der Waals surface area (Å²) >= 11 is 0. The van der Waals surface area contributed by atoms with Crippen LogP contribution in [0.2, 0.25) is 0 Å². The number of ether oxygens (including phenoxy) is 3. The van der Waals surface area contributed by atoms with Crippen molar-refractivity contribution in [2.75, 3.05) is 6.61 Å². The van der Waals surface area contributed by atoms with Gasteiger partial charge in [-0.05, 0) is 31.6 Å². The zero-order valence-electron chi connectivity index (χ0n) is 13.6. The van der Waals surface area contributed by atoms with Crippen LogP contribution < -0.4 is 0 Å². The molecule has 3 aliphatic rings. The fraction of sp³-hybridized carbons (Fsp3) is 0.824. The van der Waals surface area contributed by atoms with Gasteiger partial charge in [0.15, 0.2) is 12.6 Å². The number of fused-ring (bicyclic) bond motifs is 2. The number of esters is 1. The highest BCUT2D eigenvalue weighted by molar-refractivity contribution is 5.90. The number of hydrogen-bond donors (Lipinski definition) is 1. The van der Waals surface area contributed by atoms with Crippen molar-refractivity contribution < 1.29 is 24.1 Å². The summed E-state index contributed by atoms with van der Waals surface area (Å²) in [6.07, 6.45) is 0.868. The Balaban J connectivity index is 1.89. The number of rotatable bonds is 2. The highest BCUT2D eigenvalue weighted by Gasteiger charge is 2.56. The van der Waals surface area contributed by atoms with Crippen LogP contribution in [0.1, 0.15) is 40.0 Å². The van der Waals surface area contributed by atoms with Gasteiger partial charge in [0, 0.05) is 29.9 Å². The molecule has 0 unspecified atom stereocenters. The Bertz CT molecular complexity index is 476. The van der Waals surface area contributed by atoms with E-state index in [4.69, 9.17) is 14.2 Å². The Morgan fingerprint density at radius 3 is 2.86 bits per heavy atom. The highest BCUT2D eigenvalue weighted by atomic mass is 16.7. The lowest BCUT2D eigenvalue weighted by Crippen LogP contribution is -2.51. The highest BCUT2D eigenvalue weighted by Crippen LogP contribution is 2.55. The van der Waals surface area contributed by atoms with Crippen molar-refractivity contribution in [1.29, 1.82) is 0 Å². The first-order valence-corrected chi connectivity index (χ1v) is 8.21. The van der Waals surface area contributed by atoms with Gasteiger partial charge >= 0.3 is 5.97 Å². The van der Waals surface area contributed by atoms with Gasteiger partial charge in [0.25, 0.3) is 0 Å². The number of carbonyl (C=O) groups is 1. The van der Waals surface area contributed by atoms with Crippen LogP contribution in [-0.4, -0.2) is 36.4 Å². The van der Waals surface area contributed by atoms with Gasteiger partial charge in [-0.3, -0.25) is 0 Å². The topological polar surface area (TPSA) is 65.0 Å². The average Bonchev–Trinajstić information content (AvgIpc) is 2.64. The van der Waals surface area contributed by atoms with Crippen molar-refractivity contribution >= 4 is 5.97 Å². The molecule has 5 heteroatoms. The molecular formula is C17H26O5. The van der Waals surface area contributed by atoms with E-state index in [0.29, 0.717) is 24.5 Å². The second-order valence-corrected chi connectivity index (χ2v) is 7.21. The summed E-state index contributed by atoms with van der Waals surface area (Å²) in [6, 6.07) is 0. The molecule has 0 spiro atoms. The van der Waals surface area contributed by atoms with Gasteiger partial charge < -0.3 is 19.3 Å². The van der Waals surface area contributed by atoms with Crippen molar-refractivity contribution in [1.82, 2.24) is 0 Å². The van der Waals surface area contributed by atoms with Crippen LogP contribution in [0.25, 0.3) is 0 Å². The normalized spacial score (nSPS) is 48.4. The van der Waals surface area contributed by atoms with Crippen molar-refractivity contribution in [3.63, 3.8) is 0 Å². The molecule has 2 heterocycles. The quantitative estimate of drug-likeness (QED) is 0.626. The maximum Gasteiger partial charge on any atom is 0.334 e. The third kappa shape index (κ3) is 2.39. The summed E-state index contributed by atoms with van der Waals surface area (Å²) in [5, 5.41) is 10.6. The van der Waals surface area contributed by atoms with Crippen molar-refractivity contribution in [3.05, 3.63) is 12.2 Å². The summed E-state index contributed by atoms with van der Waals surface area (Å²) in [7, 11) is 0. The van der Waals surface area contributed by atoms with Gasteiger partial charge in [0.05, 0.1) is 0 Å². The third-order valence-corrected chi connectivity index (χ3v) is 5.86. The largest absolute Gasteiger partial charge is 0.458 e. The summed E-state index contributed by atoms with van der Waals surface area (Å²) in [4.78, 5) is 11.8. The standard InChI is InChI=1S/C17H26O5/c1-5-20-14-7-12-9(2)6-13-11(10(3)15(18)21-13)8-17(12,4)16(19)22-14/h9,11-14,16,19H,3,5-8H2,1-2,4H3/t9-,11-,12+,13-,14+,16+,17+/m1/s1. The van der Waals surface area contributed by atoms with Crippen LogP contribution in [0.4, 0.5) is 0 Å². The molecule has 0 radical (unpaired) electrons. The second kappa shape index (κ2) is 5.62. The Labute approximate surface area is 131 Å². The minimum absolute atomic E-state index is 0.0214. The zero-order valence-corrected chi connectivity index (χ0v) is 13.6. The molecule has 1 aliphatic carbocycles. The number of hydrogen-bond acceptors (Lipinski definition) is 5. The van der Waals surface area contributed by atoms with E-state index in [-0.39, 0.29) is 30.2 Å². The third-order valence-electron chi connectivity index (χ3n) is 5.86.